The standard InChI is InChI=1S/C18H24N4O3/c1-12(11-25-16-6-4-3-5-15(16)24-2)9-20-18(23)17-13-10-19-8-7-14(13)21-22-17/h3-6,12,19H,7-11H2,1-2H3,(H,20,23)(H,21,22). The van der Waals surface area contributed by atoms with Gasteiger partial charge in [-0.3, -0.25) is 9.89 Å². The van der Waals surface area contributed by atoms with E-state index in [9.17, 15) is 4.79 Å². The molecular formula is C18H24N4O3. The first-order valence-electron chi connectivity index (χ1n) is 8.50. The maximum atomic E-state index is 12.4. The van der Waals surface area contributed by atoms with Crippen LogP contribution in [0.1, 0.15) is 28.7 Å². The van der Waals surface area contributed by atoms with Crippen molar-refractivity contribution in [2.24, 2.45) is 5.92 Å². The first-order chi connectivity index (χ1) is 12.2. The van der Waals surface area contributed by atoms with Gasteiger partial charge >= 0.3 is 0 Å². The van der Waals surface area contributed by atoms with Crippen LogP contribution in [-0.4, -0.2) is 42.9 Å². The van der Waals surface area contributed by atoms with Crippen LogP contribution in [0.15, 0.2) is 24.3 Å². The van der Waals surface area contributed by atoms with Gasteiger partial charge in [-0.2, -0.15) is 5.10 Å². The molecule has 1 aliphatic rings. The number of carbonyl (C=O) groups is 1. The number of methoxy groups -OCH3 is 1. The fourth-order valence-corrected chi connectivity index (χ4v) is 2.79. The smallest absolute Gasteiger partial charge is 0.272 e. The summed E-state index contributed by atoms with van der Waals surface area (Å²) in [5.41, 5.74) is 2.51. The molecule has 0 bridgehead atoms. The van der Waals surface area contributed by atoms with E-state index in [4.69, 9.17) is 9.47 Å². The second-order valence-corrected chi connectivity index (χ2v) is 6.23. The highest BCUT2D eigenvalue weighted by atomic mass is 16.5. The van der Waals surface area contributed by atoms with Crippen LogP contribution in [0.5, 0.6) is 11.5 Å². The van der Waals surface area contributed by atoms with Crippen molar-refractivity contribution in [3.05, 3.63) is 41.2 Å². The van der Waals surface area contributed by atoms with E-state index in [1.807, 2.05) is 31.2 Å². The number of ether oxygens (including phenoxy) is 2. The van der Waals surface area contributed by atoms with Crippen LogP contribution in [0.3, 0.4) is 0 Å². The van der Waals surface area contributed by atoms with Gasteiger partial charge in [0, 0.05) is 43.2 Å². The molecule has 3 rings (SSSR count). The van der Waals surface area contributed by atoms with E-state index in [0.29, 0.717) is 36.9 Å². The molecule has 1 aliphatic heterocycles. The summed E-state index contributed by atoms with van der Waals surface area (Å²) in [6.45, 7) is 4.62. The molecule has 1 amide bonds. The Kier molecular flexibility index (Phi) is 5.55. The van der Waals surface area contributed by atoms with E-state index in [2.05, 4.69) is 20.8 Å². The quantitative estimate of drug-likeness (QED) is 0.709. The Morgan fingerprint density at radius 1 is 1.36 bits per heavy atom. The number of para-hydroxylation sites is 2. The molecule has 0 aliphatic carbocycles. The number of hydrogen-bond acceptors (Lipinski definition) is 5. The highest BCUT2D eigenvalue weighted by Crippen LogP contribution is 2.26. The monoisotopic (exact) mass is 344 g/mol. The van der Waals surface area contributed by atoms with Crippen LogP contribution in [0.4, 0.5) is 0 Å². The lowest BCUT2D eigenvalue weighted by molar-refractivity contribution is 0.0937. The van der Waals surface area contributed by atoms with Gasteiger partial charge in [-0.1, -0.05) is 19.1 Å². The molecule has 7 nitrogen and oxygen atoms in total. The molecule has 0 fully saturated rings. The van der Waals surface area contributed by atoms with E-state index in [1.54, 1.807) is 7.11 Å². The molecule has 2 heterocycles. The first kappa shape index (κ1) is 17.3. The molecule has 1 aromatic carbocycles. The minimum atomic E-state index is -0.148. The van der Waals surface area contributed by atoms with Crippen molar-refractivity contribution < 1.29 is 14.3 Å². The lowest BCUT2D eigenvalue weighted by atomic mass is 10.1. The Hall–Kier alpha value is -2.54. The Morgan fingerprint density at radius 2 is 2.16 bits per heavy atom. The lowest BCUT2D eigenvalue weighted by Gasteiger charge is -2.16. The minimum absolute atomic E-state index is 0.148. The second-order valence-electron chi connectivity index (χ2n) is 6.23. The van der Waals surface area contributed by atoms with Crippen molar-refractivity contribution in [1.29, 1.82) is 0 Å². The van der Waals surface area contributed by atoms with Crippen LogP contribution >= 0.6 is 0 Å². The molecule has 3 N–H and O–H groups in total. The van der Waals surface area contributed by atoms with Gasteiger partial charge < -0.3 is 20.1 Å². The topological polar surface area (TPSA) is 88.3 Å². The maximum Gasteiger partial charge on any atom is 0.272 e. The van der Waals surface area contributed by atoms with Gasteiger partial charge in [-0.15, -0.1) is 0 Å². The number of amides is 1. The summed E-state index contributed by atoms with van der Waals surface area (Å²) in [7, 11) is 1.62. The minimum Gasteiger partial charge on any atom is -0.493 e. The summed E-state index contributed by atoms with van der Waals surface area (Å²) in [6.07, 6.45) is 0.874. The summed E-state index contributed by atoms with van der Waals surface area (Å²) in [5, 5.41) is 13.3. The number of nitrogens with zero attached hydrogens (tertiary/aromatic N) is 1. The number of H-pyrrole nitrogens is 1. The molecule has 1 atom stereocenters. The van der Waals surface area contributed by atoms with Gasteiger partial charge in [-0.05, 0) is 12.1 Å². The molecule has 1 aromatic heterocycles. The normalized spacial score (nSPS) is 14.5. The third-order valence-corrected chi connectivity index (χ3v) is 4.22. The molecule has 1 unspecified atom stereocenters. The van der Waals surface area contributed by atoms with Gasteiger partial charge in [0.1, 0.15) is 0 Å². The number of benzene rings is 1. The molecule has 0 radical (unpaired) electrons. The molecule has 134 valence electrons. The molecule has 0 spiro atoms. The van der Waals surface area contributed by atoms with Gasteiger partial charge in [0.25, 0.3) is 5.91 Å². The van der Waals surface area contributed by atoms with Crippen molar-refractivity contribution >= 4 is 5.91 Å². The van der Waals surface area contributed by atoms with E-state index in [1.165, 1.54) is 0 Å². The zero-order chi connectivity index (χ0) is 17.6. The summed E-state index contributed by atoms with van der Waals surface area (Å²) < 4.78 is 11.1. The zero-order valence-corrected chi connectivity index (χ0v) is 14.6. The average Bonchev–Trinajstić information content (AvgIpc) is 3.09. The molecule has 0 saturated heterocycles. The van der Waals surface area contributed by atoms with Gasteiger partial charge in [0.05, 0.1) is 13.7 Å². The molecule has 25 heavy (non-hydrogen) atoms. The highest BCUT2D eigenvalue weighted by molar-refractivity contribution is 5.94. The largest absolute Gasteiger partial charge is 0.493 e. The van der Waals surface area contributed by atoms with Crippen molar-refractivity contribution in [2.45, 2.75) is 19.9 Å². The predicted octanol–water partition coefficient (Wildman–Crippen LogP) is 1.51. The summed E-state index contributed by atoms with van der Waals surface area (Å²) in [4.78, 5) is 12.4. The number of nitrogens with one attached hydrogen (secondary N) is 3. The van der Waals surface area contributed by atoms with Crippen molar-refractivity contribution in [3.63, 3.8) is 0 Å². The van der Waals surface area contributed by atoms with Gasteiger partial charge in [0.2, 0.25) is 0 Å². The number of rotatable bonds is 7. The number of carbonyl (C=O) groups excluding carboxylic acids is 1. The van der Waals surface area contributed by atoms with Crippen LogP contribution in [-0.2, 0) is 13.0 Å². The number of fused-ring (bicyclic) bond motifs is 1. The Balaban J connectivity index is 1.49. The maximum absolute atomic E-state index is 12.4. The molecular weight excluding hydrogens is 320 g/mol. The Morgan fingerprint density at radius 3 is 2.96 bits per heavy atom. The van der Waals surface area contributed by atoms with Crippen molar-refractivity contribution in [2.75, 3.05) is 26.8 Å². The van der Waals surface area contributed by atoms with E-state index < -0.39 is 0 Å². The summed E-state index contributed by atoms with van der Waals surface area (Å²) >= 11 is 0. The lowest BCUT2D eigenvalue weighted by Crippen LogP contribution is -2.32. The average molecular weight is 344 g/mol. The van der Waals surface area contributed by atoms with E-state index in [-0.39, 0.29) is 11.8 Å². The number of aromatic amines is 1. The van der Waals surface area contributed by atoms with Crippen LogP contribution in [0, 0.1) is 5.92 Å². The summed E-state index contributed by atoms with van der Waals surface area (Å²) in [5.74, 6) is 1.41. The predicted molar refractivity (Wildman–Crippen MR) is 94.0 cm³/mol. The van der Waals surface area contributed by atoms with E-state index >= 15 is 0 Å². The Bertz CT molecular complexity index is 729. The highest BCUT2D eigenvalue weighted by Gasteiger charge is 2.21. The van der Waals surface area contributed by atoms with Gasteiger partial charge in [-0.25, -0.2) is 0 Å². The van der Waals surface area contributed by atoms with E-state index in [0.717, 1.165) is 24.2 Å². The fourth-order valence-electron chi connectivity index (χ4n) is 2.79. The molecule has 7 heteroatoms. The second kappa shape index (κ2) is 8.02. The first-order valence-corrected chi connectivity index (χ1v) is 8.50. The Labute approximate surface area is 147 Å². The van der Waals surface area contributed by atoms with Crippen molar-refractivity contribution in [3.8, 4) is 11.5 Å². The van der Waals surface area contributed by atoms with Crippen LogP contribution in [0.25, 0.3) is 0 Å². The van der Waals surface area contributed by atoms with Crippen molar-refractivity contribution in [1.82, 2.24) is 20.8 Å². The molecule has 0 saturated carbocycles. The SMILES string of the molecule is COc1ccccc1OCC(C)CNC(=O)c1n[nH]c2c1CNCC2. The number of hydrogen-bond donors (Lipinski definition) is 3. The number of aromatic nitrogens is 2. The zero-order valence-electron chi connectivity index (χ0n) is 14.6. The third-order valence-electron chi connectivity index (χ3n) is 4.22. The van der Waals surface area contributed by atoms with Gasteiger partial charge in [0.15, 0.2) is 17.2 Å². The third kappa shape index (κ3) is 4.11. The van der Waals surface area contributed by atoms with Crippen LogP contribution in [0.2, 0.25) is 0 Å². The summed E-state index contributed by atoms with van der Waals surface area (Å²) in [6, 6.07) is 7.53. The van der Waals surface area contributed by atoms with Crippen LogP contribution < -0.4 is 20.1 Å². The fraction of sp³-hybridized carbons (Fsp3) is 0.444. The molecule has 2 aromatic rings.